The van der Waals surface area contributed by atoms with Crippen LogP contribution >= 0.6 is 0 Å². The van der Waals surface area contributed by atoms with E-state index in [0.717, 1.165) is 6.42 Å². The van der Waals surface area contributed by atoms with Gasteiger partial charge in [-0.25, -0.2) is 0 Å². The Bertz CT molecular complexity index is 178. The first-order chi connectivity index (χ1) is 7.89. The van der Waals surface area contributed by atoms with Gasteiger partial charge in [0.1, 0.15) is 0 Å². The predicted molar refractivity (Wildman–Crippen MR) is 70.2 cm³/mol. The number of hydrogen-bond donors (Lipinski definition) is 1. The topological polar surface area (TPSA) is 53.7 Å². The molecule has 17 heavy (non-hydrogen) atoms. The molecule has 0 rings (SSSR count). The number of rotatable bonds is 9. The Morgan fingerprint density at radius 1 is 1.06 bits per heavy atom. The summed E-state index contributed by atoms with van der Waals surface area (Å²) in [5.41, 5.74) is 6.00. The molecule has 0 bridgehead atoms. The molecule has 0 radical (unpaired) electrons. The van der Waals surface area contributed by atoms with Gasteiger partial charge in [0.05, 0.1) is 19.3 Å². The van der Waals surface area contributed by atoms with E-state index in [-0.39, 0.29) is 17.6 Å². The van der Waals surface area contributed by atoms with Crippen molar-refractivity contribution in [2.45, 2.75) is 46.3 Å². The Morgan fingerprint density at radius 2 is 1.71 bits per heavy atom. The van der Waals surface area contributed by atoms with Crippen molar-refractivity contribution in [1.82, 2.24) is 0 Å². The zero-order valence-electron chi connectivity index (χ0n) is 12.0. The molecule has 4 heteroatoms. The first-order valence-corrected chi connectivity index (χ1v) is 6.33. The van der Waals surface area contributed by atoms with E-state index >= 15 is 0 Å². The van der Waals surface area contributed by atoms with Crippen LogP contribution in [0.2, 0.25) is 0 Å². The maximum absolute atomic E-state index is 5.93. The van der Waals surface area contributed by atoms with Gasteiger partial charge in [0.2, 0.25) is 0 Å². The molecule has 0 aromatic carbocycles. The van der Waals surface area contributed by atoms with Crippen molar-refractivity contribution in [2.75, 3.05) is 33.5 Å². The molecule has 0 aliphatic rings. The molecule has 0 fully saturated rings. The fraction of sp³-hybridized carbons (Fsp3) is 1.00. The van der Waals surface area contributed by atoms with Crippen molar-refractivity contribution in [3.8, 4) is 0 Å². The van der Waals surface area contributed by atoms with Gasteiger partial charge in [-0.2, -0.15) is 0 Å². The van der Waals surface area contributed by atoms with Gasteiger partial charge in [0, 0.05) is 26.4 Å². The van der Waals surface area contributed by atoms with Gasteiger partial charge in [-0.1, -0.05) is 20.8 Å². The van der Waals surface area contributed by atoms with Crippen LogP contribution in [0.5, 0.6) is 0 Å². The first-order valence-electron chi connectivity index (χ1n) is 6.33. The summed E-state index contributed by atoms with van der Waals surface area (Å²) in [6.45, 7) is 11.1. The van der Waals surface area contributed by atoms with Crippen LogP contribution < -0.4 is 5.73 Å². The molecule has 0 aliphatic heterocycles. The summed E-state index contributed by atoms with van der Waals surface area (Å²) >= 11 is 0. The number of ether oxygens (including phenoxy) is 3. The second-order valence-corrected chi connectivity index (χ2v) is 5.48. The van der Waals surface area contributed by atoms with Gasteiger partial charge in [0.15, 0.2) is 0 Å². The Kier molecular flexibility index (Phi) is 8.78. The summed E-state index contributed by atoms with van der Waals surface area (Å²) in [5.74, 6) is 0. The lowest BCUT2D eigenvalue weighted by Crippen LogP contribution is -2.43. The average molecular weight is 247 g/mol. The molecule has 0 amide bonds. The Balaban J connectivity index is 3.63. The number of hydrogen-bond acceptors (Lipinski definition) is 4. The van der Waals surface area contributed by atoms with Crippen LogP contribution in [0.3, 0.4) is 0 Å². The van der Waals surface area contributed by atoms with Gasteiger partial charge in [-0.3, -0.25) is 0 Å². The van der Waals surface area contributed by atoms with Crippen LogP contribution in [0.1, 0.15) is 34.1 Å². The SMILES string of the molecule is COCCOCCCOC(C(C)N)C(C)(C)C. The van der Waals surface area contributed by atoms with E-state index in [1.165, 1.54) is 0 Å². The maximum Gasteiger partial charge on any atom is 0.0771 e. The van der Waals surface area contributed by atoms with E-state index in [4.69, 9.17) is 19.9 Å². The minimum Gasteiger partial charge on any atom is -0.382 e. The zero-order chi connectivity index (χ0) is 13.3. The molecule has 0 aliphatic carbocycles. The van der Waals surface area contributed by atoms with Crippen LogP contribution in [0.15, 0.2) is 0 Å². The Labute approximate surface area is 106 Å². The minimum absolute atomic E-state index is 0.0457. The van der Waals surface area contributed by atoms with Crippen LogP contribution in [-0.2, 0) is 14.2 Å². The number of nitrogens with two attached hydrogens (primary N) is 1. The van der Waals surface area contributed by atoms with Gasteiger partial charge in [0.25, 0.3) is 0 Å². The largest absolute Gasteiger partial charge is 0.382 e. The maximum atomic E-state index is 5.93. The van der Waals surface area contributed by atoms with Crippen molar-refractivity contribution in [2.24, 2.45) is 11.1 Å². The van der Waals surface area contributed by atoms with E-state index < -0.39 is 0 Å². The molecule has 0 saturated heterocycles. The first kappa shape index (κ1) is 16.8. The minimum atomic E-state index is 0.0457. The van der Waals surface area contributed by atoms with E-state index in [1.807, 2.05) is 6.92 Å². The van der Waals surface area contributed by atoms with Gasteiger partial charge in [-0.05, 0) is 18.8 Å². The molecule has 0 aromatic heterocycles. The van der Waals surface area contributed by atoms with Crippen LogP contribution in [0.25, 0.3) is 0 Å². The van der Waals surface area contributed by atoms with Crippen LogP contribution in [0.4, 0.5) is 0 Å². The van der Waals surface area contributed by atoms with Gasteiger partial charge >= 0.3 is 0 Å². The monoisotopic (exact) mass is 247 g/mol. The van der Waals surface area contributed by atoms with E-state index in [2.05, 4.69) is 20.8 Å². The van der Waals surface area contributed by atoms with E-state index in [9.17, 15) is 0 Å². The summed E-state index contributed by atoms with van der Waals surface area (Å²) in [7, 11) is 1.67. The highest BCUT2D eigenvalue weighted by molar-refractivity contribution is 4.81. The third kappa shape index (κ3) is 8.55. The predicted octanol–water partition coefficient (Wildman–Crippen LogP) is 1.82. The van der Waals surface area contributed by atoms with Crippen molar-refractivity contribution >= 4 is 0 Å². The molecule has 0 heterocycles. The average Bonchev–Trinajstić information content (AvgIpc) is 2.19. The summed E-state index contributed by atoms with van der Waals surface area (Å²) in [6, 6.07) is 0.0457. The third-order valence-electron chi connectivity index (χ3n) is 2.49. The molecule has 4 nitrogen and oxygen atoms in total. The molecule has 2 atom stereocenters. The van der Waals surface area contributed by atoms with Crippen LogP contribution in [-0.4, -0.2) is 45.7 Å². The second-order valence-electron chi connectivity index (χ2n) is 5.48. The van der Waals surface area contributed by atoms with Crippen molar-refractivity contribution < 1.29 is 14.2 Å². The smallest absolute Gasteiger partial charge is 0.0771 e. The fourth-order valence-corrected chi connectivity index (χ4v) is 1.81. The highest BCUT2D eigenvalue weighted by Crippen LogP contribution is 2.24. The van der Waals surface area contributed by atoms with E-state index in [0.29, 0.717) is 26.4 Å². The molecule has 2 unspecified atom stereocenters. The van der Waals surface area contributed by atoms with Crippen molar-refractivity contribution in [3.05, 3.63) is 0 Å². The normalized spacial score (nSPS) is 15.9. The third-order valence-corrected chi connectivity index (χ3v) is 2.49. The van der Waals surface area contributed by atoms with E-state index in [1.54, 1.807) is 7.11 Å². The second kappa shape index (κ2) is 8.86. The summed E-state index contributed by atoms with van der Waals surface area (Å²) in [6.07, 6.45) is 0.977. The molecule has 0 saturated carbocycles. The summed E-state index contributed by atoms with van der Waals surface area (Å²) < 4.78 is 16.1. The van der Waals surface area contributed by atoms with Gasteiger partial charge in [-0.15, -0.1) is 0 Å². The lowest BCUT2D eigenvalue weighted by atomic mass is 9.85. The Hall–Kier alpha value is -0.160. The lowest BCUT2D eigenvalue weighted by molar-refractivity contribution is -0.0387. The Morgan fingerprint density at radius 3 is 2.18 bits per heavy atom. The fourth-order valence-electron chi connectivity index (χ4n) is 1.81. The van der Waals surface area contributed by atoms with Crippen LogP contribution in [0, 0.1) is 5.41 Å². The standard InChI is InChI=1S/C13H29NO3/c1-11(14)12(13(2,3)4)17-8-6-7-16-10-9-15-5/h11-12H,6-10,14H2,1-5H3. The molecule has 0 aromatic rings. The molecule has 0 spiro atoms. The molecular weight excluding hydrogens is 218 g/mol. The molecule has 2 N–H and O–H groups in total. The van der Waals surface area contributed by atoms with Gasteiger partial charge < -0.3 is 19.9 Å². The van der Waals surface area contributed by atoms with Crippen molar-refractivity contribution in [1.29, 1.82) is 0 Å². The quantitative estimate of drug-likeness (QED) is 0.631. The highest BCUT2D eigenvalue weighted by Gasteiger charge is 2.28. The molecule has 104 valence electrons. The number of methoxy groups -OCH3 is 1. The zero-order valence-corrected chi connectivity index (χ0v) is 12.0. The summed E-state index contributed by atoms with van der Waals surface area (Å²) in [4.78, 5) is 0. The molecular formula is C13H29NO3. The van der Waals surface area contributed by atoms with Crippen molar-refractivity contribution in [3.63, 3.8) is 0 Å². The highest BCUT2D eigenvalue weighted by atomic mass is 16.5. The summed E-state index contributed by atoms with van der Waals surface area (Å²) in [5, 5.41) is 0. The lowest BCUT2D eigenvalue weighted by Gasteiger charge is -2.33.